The molecule has 1 aliphatic rings. The van der Waals surface area contributed by atoms with Gasteiger partial charge in [-0.05, 0) is 30.2 Å². The van der Waals surface area contributed by atoms with Gasteiger partial charge in [-0.15, -0.1) is 0 Å². The SMILES string of the molecule is OC1CCN(c2ccnc(NCc3ccc4nsnc4c3)n2)C1. The van der Waals surface area contributed by atoms with Gasteiger partial charge in [-0.1, -0.05) is 6.07 Å². The van der Waals surface area contributed by atoms with Gasteiger partial charge < -0.3 is 15.3 Å². The van der Waals surface area contributed by atoms with Gasteiger partial charge in [-0.3, -0.25) is 0 Å². The van der Waals surface area contributed by atoms with Crippen molar-refractivity contribution in [3.8, 4) is 0 Å². The van der Waals surface area contributed by atoms with Crippen LogP contribution in [0.25, 0.3) is 11.0 Å². The van der Waals surface area contributed by atoms with E-state index in [1.54, 1.807) is 6.20 Å². The molecule has 7 nitrogen and oxygen atoms in total. The molecule has 1 saturated heterocycles. The first-order valence-corrected chi connectivity index (χ1v) is 8.22. The summed E-state index contributed by atoms with van der Waals surface area (Å²) in [5.74, 6) is 1.43. The van der Waals surface area contributed by atoms with Gasteiger partial charge in [0.1, 0.15) is 16.9 Å². The fraction of sp³-hybridized carbons (Fsp3) is 0.333. The highest BCUT2D eigenvalue weighted by Gasteiger charge is 2.21. The zero-order valence-electron chi connectivity index (χ0n) is 12.4. The third-order valence-electron chi connectivity index (χ3n) is 3.90. The average molecular weight is 328 g/mol. The maximum atomic E-state index is 9.64. The van der Waals surface area contributed by atoms with Crippen molar-refractivity contribution in [2.45, 2.75) is 19.1 Å². The van der Waals surface area contributed by atoms with Crippen LogP contribution >= 0.6 is 11.7 Å². The van der Waals surface area contributed by atoms with Crippen LogP contribution in [0.5, 0.6) is 0 Å². The molecule has 0 bridgehead atoms. The highest BCUT2D eigenvalue weighted by Crippen LogP contribution is 2.19. The van der Waals surface area contributed by atoms with Crippen LogP contribution in [0.3, 0.4) is 0 Å². The summed E-state index contributed by atoms with van der Waals surface area (Å²) in [6.07, 6.45) is 2.26. The molecule has 0 radical (unpaired) electrons. The van der Waals surface area contributed by atoms with Crippen molar-refractivity contribution in [2.24, 2.45) is 0 Å². The number of aliphatic hydroxyl groups excluding tert-OH is 1. The van der Waals surface area contributed by atoms with Gasteiger partial charge in [0.05, 0.1) is 17.8 Å². The largest absolute Gasteiger partial charge is 0.391 e. The lowest BCUT2D eigenvalue weighted by Gasteiger charge is -2.17. The minimum absolute atomic E-state index is 0.264. The Morgan fingerprint density at radius 1 is 1.26 bits per heavy atom. The molecular weight excluding hydrogens is 312 g/mol. The number of rotatable bonds is 4. The van der Waals surface area contributed by atoms with E-state index < -0.39 is 0 Å². The van der Waals surface area contributed by atoms with Crippen molar-refractivity contribution in [3.05, 3.63) is 36.0 Å². The third-order valence-corrected chi connectivity index (χ3v) is 4.45. The molecular formula is C15H16N6OS. The highest BCUT2D eigenvalue weighted by molar-refractivity contribution is 7.00. The van der Waals surface area contributed by atoms with Gasteiger partial charge in [0, 0.05) is 25.8 Å². The summed E-state index contributed by atoms with van der Waals surface area (Å²) in [6, 6.07) is 7.89. The Bertz CT molecular complexity index is 822. The second-order valence-electron chi connectivity index (χ2n) is 5.57. The van der Waals surface area contributed by atoms with E-state index in [9.17, 15) is 5.11 Å². The van der Waals surface area contributed by atoms with Crippen molar-refractivity contribution in [1.82, 2.24) is 18.7 Å². The molecule has 23 heavy (non-hydrogen) atoms. The van der Waals surface area contributed by atoms with Gasteiger partial charge in [0.15, 0.2) is 0 Å². The summed E-state index contributed by atoms with van der Waals surface area (Å²) in [6.45, 7) is 2.08. The minimum Gasteiger partial charge on any atom is -0.391 e. The van der Waals surface area contributed by atoms with Crippen molar-refractivity contribution < 1.29 is 5.11 Å². The zero-order chi connectivity index (χ0) is 15.6. The second-order valence-corrected chi connectivity index (χ2v) is 6.10. The molecule has 1 fully saturated rings. The predicted molar refractivity (Wildman–Crippen MR) is 89.6 cm³/mol. The van der Waals surface area contributed by atoms with E-state index in [0.717, 1.165) is 35.4 Å². The van der Waals surface area contributed by atoms with Crippen LogP contribution in [0.2, 0.25) is 0 Å². The predicted octanol–water partition coefficient (Wildman–Crippen LogP) is 1.66. The van der Waals surface area contributed by atoms with Crippen LogP contribution in [0.1, 0.15) is 12.0 Å². The molecule has 2 aromatic heterocycles. The number of nitrogens with zero attached hydrogens (tertiary/aromatic N) is 5. The van der Waals surface area contributed by atoms with Crippen LogP contribution in [-0.2, 0) is 6.54 Å². The van der Waals surface area contributed by atoms with E-state index in [2.05, 4.69) is 28.9 Å². The quantitative estimate of drug-likeness (QED) is 0.753. The lowest BCUT2D eigenvalue weighted by atomic mass is 10.2. The molecule has 118 valence electrons. The maximum Gasteiger partial charge on any atom is 0.224 e. The molecule has 1 aliphatic heterocycles. The van der Waals surface area contributed by atoms with Crippen molar-refractivity contribution in [3.63, 3.8) is 0 Å². The third kappa shape index (κ3) is 3.08. The molecule has 1 unspecified atom stereocenters. The topological polar surface area (TPSA) is 87.1 Å². The van der Waals surface area contributed by atoms with Crippen molar-refractivity contribution >= 4 is 34.5 Å². The van der Waals surface area contributed by atoms with Gasteiger partial charge in [-0.2, -0.15) is 13.7 Å². The van der Waals surface area contributed by atoms with Crippen LogP contribution in [0.4, 0.5) is 11.8 Å². The fourth-order valence-corrected chi connectivity index (χ4v) is 3.20. The van der Waals surface area contributed by atoms with Gasteiger partial charge in [0.2, 0.25) is 5.95 Å². The highest BCUT2D eigenvalue weighted by atomic mass is 32.1. The van der Waals surface area contributed by atoms with E-state index in [0.29, 0.717) is 19.0 Å². The standard InChI is InChI=1S/C15H16N6OS/c22-11-4-6-21(9-11)14-3-5-16-15(18-14)17-8-10-1-2-12-13(7-10)20-23-19-12/h1-3,5,7,11,22H,4,6,8-9H2,(H,16,17,18). The summed E-state index contributed by atoms with van der Waals surface area (Å²) in [5.41, 5.74) is 2.94. The molecule has 1 atom stereocenters. The number of anilines is 2. The Hall–Kier alpha value is -2.32. The van der Waals surface area contributed by atoms with E-state index in [4.69, 9.17) is 0 Å². The molecule has 0 aliphatic carbocycles. The number of nitrogens with one attached hydrogen (secondary N) is 1. The summed E-state index contributed by atoms with van der Waals surface area (Å²) in [4.78, 5) is 10.9. The summed E-state index contributed by atoms with van der Waals surface area (Å²) >= 11 is 1.22. The fourth-order valence-electron chi connectivity index (χ4n) is 2.68. The molecule has 1 aromatic carbocycles. The number of hydrogen-bond donors (Lipinski definition) is 2. The van der Waals surface area contributed by atoms with Crippen molar-refractivity contribution in [1.29, 1.82) is 0 Å². The second kappa shape index (κ2) is 6.05. The Morgan fingerprint density at radius 2 is 2.17 bits per heavy atom. The molecule has 0 amide bonds. The summed E-state index contributed by atoms with van der Waals surface area (Å²) in [5, 5.41) is 12.9. The Morgan fingerprint density at radius 3 is 3.04 bits per heavy atom. The Labute approximate surface area is 137 Å². The van der Waals surface area contributed by atoms with E-state index in [1.807, 2.05) is 24.3 Å². The number of hydrogen-bond acceptors (Lipinski definition) is 8. The molecule has 3 heterocycles. The lowest BCUT2D eigenvalue weighted by Crippen LogP contribution is -2.22. The molecule has 8 heteroatoms. The number of aliphatic hydroxyl groups is 1. The van der Waals surface area contributed by atoms with Gasteiger partial charge in [-0.25, -0.2) is 4.98 Å². The monoisotopic (exact) mass is 328 g/mol. The smallest absolute Gasteiger partial charge is 0.224 e. The van der Waals surface area contributed by atoms with Crippen LogP contribution < -0.4 is 10.2 Å². The number of benzene rings is 1. The summed E-state index contributed by atoms with van der Waals surface area (Å²) < 4.78 is 8.45. The maximum absolute atomic E-state index is 9.64. The molecule has 0 spiro atoms. The Balaban J connectivity index is 1.46. The van der Waals surface area contributed by atoms with Crippen LogP contribution in [0, 0.1) is 0 Å². The van der Waals surface area contributed by atoms with Gasteiger partial charge in [0.25, 0.3) is 0 Å². The molecule has 0 saturated carbocycles. The lowest BCUT2D eigenvalue weighted by molar-refractivity contribution is 0.198. The number of aromatic nitrogens is 4. The first-order valence-electron chi connectivity index (χ1n) is 7.49. The van der Waals surface area contributed by atoms with E-state index in [-0.39, 0.29) is 6.10 Å². The van der Waals surface area contributed by atoms with E-state index >= 15 is 0 Å². The Kier molecular flexibility index (Phi) is 3.76. The van der Waals surface area contributed by atoms with E-state index in [1.165, 1.54) is 11.7 Å². The molecule has 2 N–H and O–H groups in total. The minimum atomic E-state index is -0.264. The molecule has 3 aromatic rings. The van der Waals surface area contributed by atoms with Crippen LogP contribution in [-0.4, -0.2) is 43.0 Å². The number of fused-ring (bicyclic) bond motifs is 1. The first-order chi connectivity index (χ1) is 11.3. The first kappa shape index (κ1) is 14.3. The number of β-amino-alcohol motifs (C(OH)–C–C–N with tert-alkyl or cyclic N) is 1. The zero-order valence-corrected chi connectivity index (χ0v) is 13.2. The van der Waals surface area contributed by atoms with Gasteiger partial charge >= 0.3 is 0 Å². The normalized spacial score (nSPS) is 17.8. The van der Waals surface area contributed by atoms with Crippen molar-refractivity contribution in [2.75, 3.05) is 23.3 Å². The van der Waals surface area contributed by atoms with Crippen LogP contribution in [0.15, 0.2) is 30.5 Å². The summed E-state index contributed by atoms with van der Waals surface area (Å²) in [7, 11) is 0. The molecule has 4 rings (SSSR count). The average Bonchev–Trinajstić information content (AvgIpc) is 3.21.